The van der Waals surface area contributed by atoms with Crippen molar-refractivity contribution < 1.29 is 42.1 Å². The Morgan fingerprint density at radius 2 is 1.00 bits per heavy atom. The van der Waals surface area contributed by atoms with Crippen molar-refractivity contribution in [1.29, 1.82) is 0 Å². The third-order valence-electron chi connectivity index (χ3n) is 9.61. The van der Waals surface area contributed by atoms with Crippen molar-refractivity contribution >= 4 is 19.8 Å². The van der Waals surface area contributed by atoms with Crippen LogP contribution < -0.4 is 4.89 Å². The molecule has 57 heavy (non-hydrogen) atoms. The van der Waals surface area contributed by atoms with Gasteiger partial charge in [0, 0.05) is 12.8 Å². The summed E-state index contributed by atoms with van der Waals surface area (Å²) >= 11 is 0. The second-order valence-corrected chi connectivity index (χ2v) is 17.8. The number of nitrogens with zero attached hydrogens (tertiary/aromatic N) is 1. The van der Waals surface area contributed by atoms with E-state index in [1.54, 1.807) is 0 Å². The summed E-state index contributed by atoms with van der Waals surface area (Å²) in [6.07, 6.45) is 45.7. The maximum atomic E-state index is 12.7. The molecule has 0 radical (unpaired) electrons. The molecule has 0 spiro atoms. The number of carbonyl (C=O) groups is 2. The van der Waals surface area contributed by atoms with Crippen molar-refractivity contribution in [1.82, 2.24) is 0 Å². The fourth-order valence-corrected chi connectivity index (χ4v) is 6.79. The molecule has 9 nitrogen and oxygen atoms in total. The summed E-state index contributed by atoms with van der Waals surface area (Å²) in [7, 11) is 1.14. The lowest BCUT2D eigenvalue weighted by atomic mass is 10.0. The number of quaternary nitrogens is 1. The van der Waals surface area contributed by atoms with E-state index in [-0.39, 0.29) is 26.1 Å². The summed E-state index contributed by atoms with van der Waals surface area (Å²) in [6.45, 7) is 4.07. The molecule has 1 unspecified atom stereocenters. The van der Waals surface area contributed by atoms with Gasteiger partial charge in [0.15, 0.2) is 6.10 Å². The molecular formula is C47H86NO8P. The molecular weight excluding hydrogens is 737 g/mol. The van der Waals surface area contributed by atoms with Gasteiger partial charge in [-0.05, 0) is 51.4 Å². The van der Waals surface area contributed by atoms with E-state index in [9.17, 15) is 19.0 Å². The van der Waals surface area contributed by atoms with Crippen LogP contribution in [0.15, 0.2) is 48.6 Å². The summed E-state index contributed by atoms with van der Waals surface area (Å²) in [5.74, 6) is -0.880. The lowest BCUT2D eigenvalue weighted by molar-refractivity contribution is -0.870. The van der Waals surface area contributed by atoms with Crippen LogP contribution in [0.2, 0.25) is 0 Å². The van der Waals surface area contributed by atoms with Crippen LogP contribution in [0.1, 0.15) is 187 Å². The molecule has 332 valence electrons. The van der Waals surface area contributed by atoms with Crippen LogP contribution in [-0.4, -0.2) is 70.0 Å². The molecule has 0 saturated heterocycles. The Hall–Kier alpha value is -2.03. The normalized spacial score (nSPS) is 14.0. The van der Waals surface area contributed by atoms with E-state index in [1.807, 2.05) is 21.1 Å². The van der Waals surface area contributed by atoms with E-state index >= 15 is 0 Å². The first-order chi connectivity index (χ1) is 27.5. The number of allylic oxidation sites excluding steroid dienone is 8. The van der Waals surface area contributed by atoms with Crippen molar-refractivity contribution in [3.63, 3.8) is 0 Å². The zero-order valence-electron chi connectivity index (χ0n) is 37.3. The quantitative estimate of drug-likeness (QED) is 0.0197. The molecule has 10 heteroatoms. The highest BCUT2D eigenvalue weighted by Crippen LogP contribution is 2.38. The Bertz CT molecular complexity index is 1110. The fraction of sp³-hybridized carbons (Fsp3) is 0.787. The van der Waals surface area contributed by atoms with E-state index in [0.29, 0.717) is 23.9 Å². The van der Waals surface area contributed by atoms with Crippen LogP contribution >= 0.6 is 7.82 Å². The van der Waals surface area contributed by atoms with E-state index in [0.717, 1.165) is 57.8 Å². The monoisotopic (exact) mass is 824 g/mol. The predicted molar refractivity (Wildman–Crippen MR) is 236 cm³/mol. The average Bonchev–Trinajstić information content (AvgIpc) is 3.16. The number of hydrogen-bond donors (Lipinski definition) is 0. The van der Waals surface area contributed by atoms with E-state index < -0.39 is 32.5 Å². The minimum absolute atomic E-state index is 0.0377. The topological polar surface area (TPSA) is 111 Å². The Balaban J connectivity index is 4.37. The van der Waals surface area contributed by atoms with Crippen LogP contribution in [-0.2, 0) is 32.7 Å². The fourth-order valence-electron chi connectivity index (χ4n) is 6.06. The molecule has 0 aromatic carbocycles. The Kier molecular flexibility index (Phi) is 38.0. The highest BCUT2D eigenvalue weighted by molar-refractivity contribution is 7.45. The van der Waals surface area contributed by atoms with Crippen molar-refractivity contribution in [2.75, 3.05) is 47.5 Å². The van der Waals surface area contributed by atoms with Crippen molar-refractivity contribution in [2.45, 2.75) is 193 Å². The summed E-state index contributed by atoms with van der Waals surface area (Å²) < 4.78 is 33.9. The van der Waals surface area contributed by atoms with Crippen LogP contribution in [0.25, 0.3) is 0 Å². The molecule has 0 aliphatic rings. The lowest BCUT2D eigenvalue weighted by Gasteiger charge is -2.28. The van der Waals surface area contributed by atoms with Crippen LogP contribution in [0, 0.1) is 0 Å². The molecule has 0 aromatic rings. The number of carbonyl (C=O) groups excluding carboxylic acids is 2. The maximum Gasteiger partial charge on any atom is 0.306 e. The molecule has 0 aromatic heterocycles. The van der Waals surface area contributed by atoms with Gasteiger partial charge in [-0.3, -0.25) is 14.2 Å². The van der Waals surface area contributed by atoms with Crippen LogP contribution in [0.4, 0.5) is 0 Å². The summed E-state index contributed by atoms with van der Waals surface area (Å²) in [6, 6.07) is 0. The Morgan fingerprint density at radius 1 is 0.561 bits per heavy atom. The maximum absolute atomic E-state index is 12.7. The zero-order chi connectivity index (χ0) is 42.1. The van der Waals surface area contributed by atoms with Crippen molar-refractivity contribution in [3.05, 3.63) is 48.6 Å². The van der Waals surface area contributed by atoms with Gasteiger partial charge in [-0.25, -0.2) is 0 Å². The number of unbranched alkanes of at least 4 members (excludes halogenated alkanes) is 19. The zero-order valence-corrected chi connectivity index (χ0v) is 38.2. The highest BCUT2D eigenvalue weighted by Gasteiger charge is 2.21. The smallest absolute Gasteiger partial charge is 0.306 e. The average molecular weight is 824 g/mol. The third kappa shape index (κ3) is 43.4. The number of ether oxygens (including phenoxy) is 2. The number of hydrogen-bond acceptors (Lipinski definition) is 8. The first-order valence-corrected chi connectivity index (χ1v) is 24.3. The third-order valence-corrected chi connectivity index (χ3v) is 10.6. The highest BCUT2D eigenvalue weighted by atomic mass is 31.2. The van der Waals surface area contributed by atoms with Gasteiger partial charge < -0.3 is 27.9 Å². The molecule has 2 atom stereocenters. The van der Waals surface area contributed by atoms with Gasteiger partial charge in [-0.2, -0.15) is 0 Å². The first-order valence-electron chi connectivity index (χ1n) is 22.8. The Morgan fingerprint density at radius 3 is 1.49 bits per heavy atom. The Labute approximate surface area is 350 Å². The van der Waals surface area contributed by atoms with Crippen LogP contribution in [0.5, 0.6) is 0 Å². The number of esters is 2. The van der Waals surface area contributed by atoms with Gasteiger partial charge in [0.05, 0.1) is 27.7 Å². The number of likely N-dealkylation sites (N-methyl/N-ethyl adjacent to an activating group) is 1. The second kappa shape index (κ2) is 39.4. The minimum Gasteiger partial charge on any atom is -0.756 e. The number of rotatable bonds is 41. The molecule has 0 saturated carbocycles. The SMILES string of the molecule is CC/C=C\C/C=C\C/C=C\C/C=C\CCCCC(=O)OC[C@H](COP(=O)([O-])OCC[N+](C)(C)C)OC(=O)CCCCCCCCCCCCCCCCCCCC. The van der Waals surface area contributed by atoms with Gasteiger partial charge in [0.2, 0.25) is 0 Å². The lowest BCUT2D eigenvalue weighted by Crippen LogP contribution is -2.37. The molecule has 0 rings (SSSR count). The largest absolute Gasteiger partial charge is 0.756 e. The van der Waals surface area contributed by atoms with E-state index in [4.69, 9.17) is 18.5 Å². The summed E-state index contributed by atoms with van der Waals surface area (Å²) in [5, 5.41) is 0. The summed E-state index contributed by atoms with van der Waals surface area (Å²) in [5.41, 5.74) is 0. The van der Waals surface area contributed by atoms with Crippen LogP contribution in [0.3, 0.4) is 0 Å². The molecule has 0 N–H and O–H groups in total. The minimum atomic E-state index is -4.63. The number of phosphoric acid groups is 1. The second-order valence-electron chi connectivity index (χ2n) is 16.4. The van der Waals surface area contributed by atoms with Gasteiger partial charge in [0.25, 0.3) is 7.82 Å². The van der Waals surface area contributed by atoms with Crippen molar-refractivity contribution in [2.24, 2.45) is 0 Å². The molecule has 0 bridgehead atoms. The molecule has 0 aliphatic heterocycles. The molecule has 0 aliphatic carbocycles. The number of phosphoric ester groups is 1. The molecule has 0 amide bonds. The predicted octanol–water partition coefficient (Wildman–Crippen LogP) is 12.4. The van der Waals surface area contributed by atoms with Gasteiger partial charge in [-0.15, -0.1) is 0 Å². The van der Waals surface area contributed by atoms with Gasteiger partial charge in [0.1, 0.15) is 19.8 Å². The van der Waals surface area contributed by atoms with Crippen molar-refractivity contribution in [3.8, 4) is 0 Å². The van der Waals surface area contributed by atoms with E-state index in [1.165, 1.54) is 89.9 Å². The van der Waals surface area contributed by atoms with Gasteiger partial charge in [-0.1, -0.05) is 172 Å². The molecule has 0 fully saturated rings. The van der Waals surface area contributed by atoms with Gasteiger partial charge >= 0.3 is 11.9 Å². The first kappa shape index (κ1) is 55.0. The standard InChI is InChI=1S/C47H86NO8P/c1-6-8-10-12-14-16-18-20-22-23-24-26-28-30-32-34-36-38-40-47(50)56-45(44-55-57(51,52)54-42-41-48(3,4)5)43-53-46(49)39-37-35-33-31-29-27-25-21-19-17-15-13-11-9-7-2/h9,11,15,17,21,25,29,31,45H,6-8,10,12-14,16,18-20,22-24,26-28,30,32-44H2,1-5H3/b11-9-,17-15-,25-21-,31-29-/t45-/m1/s1. The summed E-state index contributed by atoms with van der Waals surface area (Å²) in [4.78, 5) is 37.5. The molecule has 0 heterocycles. The van der Waals surface area contributed by atoms with E-state index in [2.05, 4.69) is 62.5 Å².